The fourth-order valence-electron chi connectivity index (χ4n) is 1.94. The molecule has 0 aromatic heterocycles. The summed E-state index contributed by atoms with van der Waals surface area (Å²) in [5.41, 5.74) is 0. The zero-order valence-corrected chi connectivity index (χ0v) is 12.5. The molecule has 0 atom stereocenters. The van der Waals surface area contributed by atoms with Gasteiger partial charge in [0.05, 0.1) is 6.54 Å². The van der Waals surface area contributed by atoms with Gasteiger partial charge in [-0.1, -0.05) is 5.92 Å². The van der Waals surface area contributed by atoms with E-state index in [4.69, 9.17) is 6.42 Å². The fourth-order valence-corrected chi connectivity index (χ4v) is 1.94. The van der Waals surface area contributed by atoms with Gasteiger partial charge in [0.15, 0.2) is 5.96 Å². The summed E-state index contributed by atoms with van der Waals surface area (Å²) in [7, 11) is 1.75. The second-order valence-electron chi connectivity index (χ2n) is 4.84. The molecule has 0 fully saturated rings. The molecule has 0 unspecified atom stereocenters. The second kappa shape index (κ2) is 9.78. The van der Waals surface area contributed by atoms with Gasteiger partial charge in [-0.05, 0) is 34.1 Å². The van der Waals surface area contributed by atoms with Gasteiger partial charge in [0, 0.05) is 32.2 Å². The molecule has 2 N–H and O–H groups in total. The Morgan fingerprint density at radius 2 is 1.83 bits per heavy atom. The maximum atomic E-state index is 5.19. The first kappa shape index (κ1) is 16.8. The van der Waals surface area contributed by atoms with E-state index in [1.165, 1.54) is 0 Å². The summed E-state index contributed by atoms with van der Waals surface area (Å²) in [6, 6.07) is 1.17. The van der Waals surface area contributed by atoms with Crippen molar-refractivity contribution in [3.05, 3.63) is 0 Å². The maximum Gasteiger partial charge on any atom is 0.191 e. The quantitative estimate of drug-likeness (QED) is 0.310. The third kappa shape index (κ3) is 7.18. The van der Waals surface area contributed by atoms with Crippen LogP contribution < -0.4 is 10.6 Å². The smallest absolute Gasteiger partial charge is 0.191 e. The van der Waals surface area contributed by atoms with E-state index >= 15 is 0 Å². The molecule has 18 heavy (non-hydrogen) atoms. The van der Waals surface area contributed by atoms with Gasteiger partial charge in [-0.3, -0.25) is 9.89 Å². The average Bonchev–Trinajstić information content (AvgIpc) is 2.31. The topological polar surface area (TPSA) is 39.7 Å². The number of hydrogen-bond donors (Lipinski definition) is 2. The molecule has 0 radical (unpaired) electrons. The van der Waals surface area contributed by atoms with Crippen LogP contribution in [0.3, 0.4) is 0 Å². The monoisotopic (exact) mass is 252 g/mol. The number of nitrogens with zero attached hydrogens (tertiary/aromatic N) is 2. The molecule has 0 spiro atoms. The minimum absolute atomic E-state index is 0.504. The van der Waals surface area contributed by atoms with Gasteiger partial charge >= 0.3 is 0 Å². The molecule has 0 aliphatic heterocycles. The van der Waals surface area contributed by atoms with Crippen LogP contribution in [0.4, 0.5) is 0 Å². The Morgan fingerprint density at radius 3 is 2.28 bits per heavy atom. The van der Waals surface area contributed by atoms with Crippen LogP contribution in [0.5, 0.6) is 0 Å². The van der Waals surface area contributed by atoms with Crippen molar-refractivity contribution in [2.45, 2.75) is 46.2 Å². The molecule has 0 aliphatic rings. The lowest BCUT2D eigenvalue weighted by Gasteiger charge is -2.30. The lowest BCUT2D eigenvalue weighted by molar-refractivity contribution is 0.173. The molecule has 0 aromatic carbocycles. The van der Waals surface area contributed by atoms with Crippen molar-refractivity contribution < 1.29 is 0 Å². The van der Waals surface area contributed by atoms with Crippen molar-refractivity contribution in [1.29, 1.82) is 0 Å². The van der Waals surface area contributed by atoms with Crippen molar-refractivity contribution in [3.63, 3.8) is 0 Å². The van der Waals surface area contributed by atoms with E-state index in [9.17, 15) is 0 Å². The molecule has 0 saturated heterocycles. The van der Waals surface area contributed by atoms with Crippen LogP contribution in [0.25, 0.3) is 0 Å². The van der Waals surface area contributed by atoms with E-state index in [2.05, 4.69) is 54.1 Å². The van der Waals surface area contributed by atoms with Crippen LogP contribution in [0.2, 0.25) is 0 Å². The van der Waals surface area contributed by atoms with Crippen molar-refractivity contribution >= 4 is 5.96 Å². The zero-order valence-electron chi connectivity index (χ0n) is 12.5. The van der Waals surface area contributed by atoms with Crippen LogP contribution in [-0.2, 0) is 0 Å². The van der Waals surface area contributed by atoms with Gasteiger partial charge in [-0.25, -0.2) is 0 Å². The van der Waals surface area contributed by atoms with Crippen molar-refractivity contribution in [2.24, 2.45) is 4.99 Å². The lowest BCUT2D eigenvalue weighted by Crippen LogP contribution is -2.41. The molecule has 0 bridgehead atoms. The highest BCUT2D eigenvalue weighted by atomic mass is 15.2. The number of terminal acetylenes is 1. The predicted octanol–water partition coefficient (Wildman–Crippen LogP) is 1.29. The molecule has 0 rings (SSSR count). The highest BCUT2D eigenvalue weighted by Gasteiger charge is 2.12. The Morgan fingerprint density at radius 1 is 1.22 bits per heavy atom. The first-order chi connectivity index (χ1) is 8.52. The third-order valence-corrected chi connectivity index (χ3v) is 2.79. The Bertz CT molecular complexity index is 268. The lowest BCUT2D eigenvalue weighted by atomic mass is 10.2. The van der Waals surface area contributed by atoms with E-state index in [1.807, 2.05) is 0 Å². The number of nitrogens with one attached hydrogen (secondary N) is 2. The minimum Gasteiger partial charge on any atom is -0.356 e. The summed E-state index contributed by atoms with van der Waals surface area (Å²) in [6.07, 6.45) is 6.28. The molecular formula is C14H28N4. The SMILES string of the molecule is C#CCNC(=NC)NCCCN(C(C)C)C(C)C. The van der Waals surface area contributed by atoms with E-state index in [0.717, 1.165) is 25.5 Å². The molecule has 0 saturated carbocycles. The van der Waals surface area contributed by atoms with E-state index in [1.54, 1.807) is 7.05 Å². The van der Waals surface area contributed by atoms with Crippen molar-refractivity contribution in [2.75, 3.05) is 26.7 Å². The van der Waals surface area contributed by atoms with Gasteiger partial charge in [0.25, 0.3) is 0 Å². The largest absolute Gasteiger partial charge is 0.356 e. The highest BCUT2D eigenvalue weighted by molar-refractivity contribution is 5.79. The van der Waals surface area contributed by atoms with Gasteiger partial charge in [-0.15, -0.1) is 6.42 Å². The summed E-state index contributed by atoms with van der Waals surface area (Å²) in [6.45, 7) is 11.4. The molecule has 0 aliphatic carbocycles. The molecule has 4 heteroatoms. The molecular weight excluding hydrogens is 224 g/mol. The van der Waals surface area contributed by atoms with Crippen LogP contribution >= 0.6 is 0 Å². The van der Waals surface area contributed by atoms with E-state index < -0.39 is 0 Å². The normalized spacial score (nSPS) is 12.1. The van der Waals surface area contributed by atoms with Gasteiger partial charge in [0.1, 0.15) is 0 Å². The first-order valence-electron chi connectivity index (χ1n) is 6.66. The standard InChI is InChI=1S/C14H28N4/c1-7-9-16-14(15-6)17-10-8-11-18(12(2)3)13(4)5/h1,12-13H,8-11H2,2-6H3,(H2,15,16,17). The van der Waals surface area contributed by atoms with Gasteiger partial charge in [-0.2, -0.15) is 0 Å². The third-order valence-electron chi connectivity index (χ3n) is 2.79. The molecule has 104 valence electrons. The summed E-state index contributed by atoms with van der Waals surface area (Å²) >= 11 is 0. The summed E-state index contributed by atoms with van der Waals surface area (Å²) in [5.74, 6) is 3.30. The number of rotatable bonds is 7. The zero-order chi connectivity index (χ0) is 14.0. The van der Waals surface area contributed by atoms with Crippen molar-refractivity contribution in [3.8, 4) is 12.3 Å². The molecule has 4 nitrogen and oxygen atoms in total. The summed E-state index contributed by atoms with van der Waals surface area (Å²) in [4.78, 5) is 6.58. The van der Waals surface area contributed by atoms with Crippen molar-refractivity contribution in [1.82, 2.24) is 15.5 Å². The Labute approximate surface area is 112 Å². The number of aliphatic imine (C=N–C) groups is 1. The van der Waals surface area contributed by atoms with Crippen LogP contribution in [0.1, 0.15) is 34.1 Å². The van der Waals surface area contributed by atoms with E-state index in [-0.39, 0.29) is 0 Å². The average molecular weight is 252 g/mol. The molecule has 0 heterocycles. The Balaban J connectivity index is 3.87. The number of hydrogen-bond acceptors (Lipinski definition) is 2. The second-order valence-corrected chi connectivity index (χ2v) is 4.84. The first-order valence-corrected chi connectivity index (χ1v) is 6.66. The Hall–Kier alpha value is -1.21. The van der Waals surface area contributed by atoms with Crippen LogP contribution in [-0.4, -0.2) is 49.6 Å². The van der Waals surface area contributed by atoms with Gasteiger partial charge in [0.2, 0.25) is 0 Å². The van der Waals surface area contributed by atoms with E-state index in [0.29, 0.717) is 18.6 Å². The maximum absolute atomic E-state index is 5.19. The fraction of sp³-hybridized carbons (Fsp3) is 0.786. The number of guanidine groups is 1. The van der Waals surface area contributed by atoms with Crippen LogP contribution in [0, 0.1) is 12.3 Å². The Kier molecular flexibility index (Phi) is 9.13. The van der Waals surface area contributed by atoms with Gasteiger partial charge < -0.3 is 10.6 Å². The molecule has 0 aromatic rings. The summed E-state index contributed by atoms with van der Waals surface area (Å²) in [5, 5.41) is 6.30. The predicted molar refractivity (Wildman–Crippen MR) is 79.8 cm³/mol. The molecule has 0 amide bonds. The minimum atomic E-state index is 0.504. The highest BCUT2D eigenvalue weighted by Crippen LogP contribution is 2.04. The summed E-state index contributed by atoms with van der Waals surface area (Å²) < 4.78 is 0. The van der Waals surface area contributed by atoms with Crippen LogP contribution in [0.15, 0.2) is 4.99 Å².